The molecular weight excluding hydrogens is 749 g/mol. The second-order valence-corrected chi connectivity index (χ2v) is 17.0. The maximum Gasteiger partial charge on any atom is 0.262 e. The van der Waals surface area contributed by atoms with Crippen LogP contribution in [0.3, 0.4) is 0 Å². The van der Waals surface area contributed by atoms with E-state index in [0.29, 0.717) is 65.1 Å². The third-order valence-electron chi connectivity index (χ3n) is 13.2. The lowest BCUT2D eigenvalue weighted by atomic mass is 9.77. The van der Waals surface area contributed by atoms with E-state index >= 15 is 4.39 Å². The molecular formula is C43H43ClFN7O5. The van der Waals surface area contributed by atoms with Crippen LogP contribution in [0.4, 0.5) is 15.8 Å². The molecule has 4 fully saturated rings. The molecule has 6 aliphatic heterocycles. The normalized spacial score (nSPS) is 22.3. The van der Waals surface area contributed by atoms with Gasteiger partial charge in [0.1, 0.15) is 17.9 Å². The fraction of sp³-hybridized carbons (Fsp3) is 0.442. The van der Waals surface area contributed by atoms with E-state index in [-0.39, 0.29) is 30.0 Å². The molecule has 1 spiro atoms. The fourth-order valence-electron chi connectivity index (χ4n) is 9.91. The average molecular weight is 792 g/mol. The Morgan fingerprint density at radius 1 is 0.860 bits per heavy atom. The zero-order valence-corrected chi connectivity index (χ0v) is 32.3. The highest BCUT2D eigenvalue weighted by atomic mass is 35.5. The Morgan fingerprint density at radius 3 is 2.14 bits per heavy atom. The van der Waals surface area contributed by atoms with Gasteiger partial charge in [0, 0.05) is 76.6 Å². The van der Waals surface area contributed by atoms with Crippen LogP contribution in [0, 0.1) is 28.5 Å². The number of halogens is 2. The van der Waals surface area contributed by atoms with Crippen LogP contribution in [0.5, 0.6) is 0 Å². The number of nitrogens with one attached hydrogen (secondary N) is 1. The largest absolute Gasteiger partial charge is 0.371 e. The number of likely N-dealkylation sites (tertiary alicyclic amines) is 1. The molecule has 57 heavy (non-hydrogen) atoms. The molecule has 3 aromatic rings. The van der Waals surface area contributed by atoms with Crippen molar-refractivity contribution in [2.24, 2.45) is 11.3 Å². The van der Waals surface area contributed by atoms with Gasteiger partial charge in [-0.3, -0.25) is 39.1 Å². The first-order chi connectivity index (χ1) is 27.5. The lowest BCUT2D eigenvalue weighted by Crippen LogP contribution is -2.54. The van der Waals surface area contributed by atoms with Crippen LogP contribution in [0.25, 0.3) is 0 Å². The summed E-state index contributed by atoms with van der Waals surface area (Å²) in [5, 5.41) is 11.9. The quantitative estimate of drug-likeness (QED) is 0.338. The highest BCUT2D eigenvalue weighted by molar-refractivity contribution is 6.32. The Balaban J connectivity index is 0.754. The molecule has 0 bridgehead atoms. The molecule has 6 aliphatic rings. The molecule has 294 valence electrons. The smallest absolute Gasteiger partial charge is 0.262 e. The number of nitrogens with zero attached hydrogens (tertiary/aromatic N) is 6. The minimum absolute atomic E-state index is 0.0790. The third-order valence-corrected chi connectivity index (χ3v) is 13.5. The Bertz CT molecular complexity index is 2210. The lowest BCUT2D eigenvalue weighted by Gasteiger charge is -2.40. The van der Waals surface area contributed by atoms with Crippen LogP contribution in [0.15, 0.2) is 48.5 Å². The maximum atomic E-state index is 15.6. The van der Waals surface area contributed by atoms with E-state index in [1.165, 1.54) is 6.07 Å². The molecule has 12 nitrogen and oxygen atoms in total. The number of carbonyl (C=O) groups excluding carboxylic acids is 5. The Hall–Kier alpha value is -5.32. The number of benzene rings is 3. The molecule has 1 atom stereocenters. The van der Waals surface area contributed by atoms with Crippen LogP contribution >= 0.6 is 11.6 Å². The zero-order valence-electron chi connectivity index (χ0n) is 31.6. The van der Waals surface area contributed by atoms with E-state index < -0.39 is 29.7 Å². The average Bonchev–Trinajstić information content (AvgIpc) is 3.87. The van der Waals surface area contributed by atoms with Crippen LogP contribution in [0.1, 0.15) is 92.7 Å². The zero-order chi connectivity index (χ0) is 39.6. The molecule has 14 heteroatoms. The summed E-state index contributed by atoms with van der Waals surface area (Å²) in [6.07, 6.45) is 4.78. The van der Waals surface area contributed by atoms with E-state index in [1.807, 2.05) is 17.0 Å². The van der Waals surface area contributed by atoms with Crippen molar-refractivity contribution in [3.63, 3.8) is 0 Å². The summed E-state index contributed by atoms with van der Waals surface area (Å²) in [6, 6.07) is 15.2. The number of hydrogen-bond donors (Lipinski definition) is 1. The highest BCUT2D eigenvalue weighted by Gasteiger charge is 2.46. The van der Waals surface area contributed by atoms with Gasteiger partial charge in [-0.05, 0) is 110 Å². The van der Waals surface area contributed by atoms with E-state index in [4.69, 9.17) is 11.6 Å². The number of anilines is 2. The van der Waals surface area contributed by atoms with Gasteiger partial charge in [-0.15, -0.1) is 0 Å². The Morgan fingerprint density at radius 2 is 1.53 bits per heavy atom. The monoisotopic (exact) mass is 791 g/mol. The Kier molecular flexibility index (Phi) is 9.52. The van der Waals surface area contributed by atoms with Crippen molar-refractivity contribution in [2.45, 2.75) is 64.1 Å². The first-order valence-electron chi connectivity index (χ1n) is 19.9. The van der Waals surface area contributed by atoms with E-state index in [9.17, 15) is 29.2 Å². The fourth-order valence-corrected chi connectivity index (χ4v) is 10.1. The number of nitriles is 1. The Labute approximate surface area is 335 Å². The summed E-state index contributed by atoms with van der Waals surface area (Å²) in [5.41, 5.74) is 5.11. The first kappa shape index (κ1) is 37.3. The van der Waals surface area contributed by atoms with Gasteiger partial charge < -0.3 is 14.7 Å². The summed E-state index contributed by atoms with van der Waals surface area (Å²) in [7, 11) is 0. The predicted octanol–water partition coefficient (Wildman–Crippen LogP) is 5.12. The molecule has 1 N–H and O–H groups in total. The van der Waals surface area contributed by atoms with Crippen LogP contribution in [-0.4, -0.2) is 96.1 Å². The van der Waals surface area contributed by atoms with E-state index in [1.54, 1.807) is 30.3 Å². The molecule has 6 heterocycles. The van der Waals surface area contributed by atoms with Crippen molar-refractivity contribution in [2.75, 3.05) is 55.6 Å². The molecule has 4 saturated heterocycles. The minimum Gasteiger partial charge on any atom is -0.371 e. The second-order valence-electron chi connectivity index (χ2n) is 16.6. The summed E-state index contributed by atoms with van der Waals surface area (Å²) in [5.74, 6) is -2.20. The molecule has 0 aromatic heterocycles. The van der Waals surface area contributed by atoms with Gasteiger partial charge >= 0.3 is 0 Å². The first-order valence-corrected chi connectivity index (χ1v) is 20.2. The van der Waals surface area contributed by atoms with Gasteiger partial charge in [-0.25, -0.2) is 4.39 Å². The number of fused-ring (bicyclic) bond motifs is 2. The van der Waals surface area contributed by atoms with Gasteiger partial charge in [0.05, 0.1) is 27.4 Å². The molecule has 9 rings (SSSR count). The number of piperidine rings is 3. The number of hydrogen-bond acceptors (Lipinski definition) is 9. The minimum atomic E-state index is -0.986. The summed E-state index contributed by atoms with van der Waals surface area (Å²) in [6.45, 7) is 6.56. The van der Waals surface area contributed by atoms with Crippen molar-refractivity contribution >= 4 is 52.5 Å². The lowest BCUT2D eigenvalue weighted by molar-refractivity contribution is -0.136. The van der Waals surface area contributed by atoms with Crippen molar-refractivity contribution in [1.82, 2.24) is 20.0 Å². The second kappa shape index (κ2) is 14.6. The van der Waals surface area contributed by atoms with Crippen molar-refractivity contribution in [3.05, 3.63) is 92.8 Å². The van der Waals surface area contributed by atoms with Gasteiger partial charge in [0.2, 0.25) is 11.8 Å². The topological polar surface area (TPSA) is 137 Å². The molecule has 0 saturated carbocycles. The summed E-state index contributed by atoms with van der Waals surface area (Å²) < 4.78 is 15.6. The van der Waals surface area contributed by atoms with Crippen LogP contribution in [-0.2, 0) is 22.7 Å². The van der Waals surface area contributed by atoms with Crippen molar-refractivity contribution in [1.29, 1.82) is 5.26 Å². The SMILES string of the molecule is N#Cc1ccc(N2CCC3(CCN(c4ccc(C(=O)N5CCC(CN6Cc7cc8c(cc7C6)C(=O)N(C6CCC(=O)NC6=O)C8=O)CC5)cc4F)CC3)C2)cc1Cl. The number of imide groups is 2. The van der Waals surface area contributed by atoms with Crippen molar-refractivity contribution in [3.8, 4) is 6.07 Å². The summed E-state index contributed by atoms with van der Waals surface area (Å²) in [4.78, 5) is 73.7. The molecule has 3 aromatic carbocycles. The highest BCUT2D eigenvalue weighted by Crippen LogP contribution is 2.44. The molecule has 5 amide bonds. The van der Waals surface area contributed by atoms with E-state index in [2.05, 4.69) is 26.1 Å². The van der Waals surface area contributed by atoms with Crippen LogP contribution < -0.4 is 15.1 Å². The van der Waals surface area contributed by atoms with E-state index in [0.717, 1.165) is 86.5 Å². The van der Waals surface area contributed by atoms with Crippen molar-refractivity contribution < 1.29 is 28.4 Å². The predicted molar refractivity (Wildman–Crippen MR) is 209 cm³/mol. The third kappa shape index (κ3) is 6.82. The molecule has 0 aliphatic carbocycles. The molecule has 0 radical (unpaired) electrons. The molecule has 1 unspecified atom stereocenters. The van der Waals surface area contributed by atoms with Gasteiger partial charge in [-0.2, -0.15) is 5.26 Å². The summed E-state index contributed by atoms with van der Waals surface area (Å²) >= 11 is 6.31. The van der Waals surface area contributed by atoms with Gasteiger partial charge in [0.25, 0.3) is 17.7 Å². The van der Waals surface area contributed by atoms with Crippen LogP contribution in [0.2, 0.25) is 5.02 Å². The van der Waals surface area contributed by atoms with Gasteiger partial charge in [0.15, 0.2) is 0 Å². The standard InChI is InChI=1S/C43H43ClFN7O5/c44-34-20-31(3-1-28(34)21-46)51-16-11-43(25-51)9-14-49(15-10-43)36-4-2-27(19-35(36)45)40(55)50-12-7-26(8-13-50)22-48-23-29-17-32-33(18-30(29)24-48)42(57)52(41(32)56)37-5-6-38(53)47-39(37)54/h1-4,17-20,26,37H,5-16,22-25H2,(H,47,53,54). The number of carbonyl (C=O) groups is 5. The number of rotatable bonds is 6. The number of amides is 5. The maximum absolute atomic E-state index is 15.6. The van der Waals surface area contributed by atoms with Gasteiger partial charge in [-0.1, -0.05) is 11.6 Å².